The van der Waals surface area contributed by atoms with Crippen molar-refractivity contribution in [2.45, 2.75) is 57.3 Å². The van der Waals surface area contributed by atoms with Gasteiger partial charge in [-0.1, -0.05) is 38.0 Å². The smallest absolute Gasteiger partial charge is 0.0807 e. The second kappa shape index (κ2) is 6.15. The van der Waals surface area contributed by atoms with Crippen molar-refractivity contribution in [3.63, 3.8) is 0 Å². The highest BCUT2D eigenvalue weighted by atomic mass is 16.5. The fourth-order valence-corrected chi connectivity index (χ4v) is 3.65. The number of benzene rings is 1. The van der Waals surface area contributed by atoms with Gasteiger partial charge in [0.05, 0.1) is 24.9 Å². The van der Waals surface area contributed by atoms with Crippen LogP contribution in [0.2, 0.25) is 0 Å². The third-order valence-electron chi connectivity index (χ3n) is 4.72. The Morgan fingerprint density at radius 2 is 2.10 bits per heavy atom. The van der Waals surface area contributed by atoms with Crippen molar-refractivity contribution >= 4 is 5.69 Å². The Hall–Kier alpha value is -1.06. The van der Waals surface area contributed by atoms with Crippen molar-refractivity contribution < 1.29 is 9.84 Å². The molecule has 1 aliphatic heterocycles. The topological polar surface area (TPSA) is 32.7 Å². The number of morpholine rings is 1. The van der Waals surface area contributed by atoms with Crippen LogP contribution in [-0.2, 0) is 4.74 Å². The predicted octanol–water partition coefficient (Wildman–Crippen LogP) is 3.28. The lowest BCUT2D eigenvalue weighted by atomic mass is 9.89. The molecule has 0 spiro atoms. The first-order valence-electron chi connectivity index (χ1n) is 7.96. The summed E-state index contributed by atoms with van der Waals surface area (Å²) in [5, 5.41) is 10.3. The quantitative estimate of drug-likeness (QED) is 0.919. The van der Waals surface area contributed by atoms with E-state index in [0.29, 0.717) is 12.1 Å². The third-order valence-corrected chi connectivity index (χ3v) is 4.72. The summed E-state index contributed by atoms with van der Waals surface area (Å²) in [6.07, 6.45) is 5.74. The van der Waals surface area contributed by atoms with Crippen LogP contribution in [0.3, 0.4) is 0 Å². The molecule has 1 aliphatic carbocycles. The second-order valence-corrected chi connectivity index (χ2v) is 5.94. The fraction of sp³-hybridized carbons (Fsp3) is 0.647. The summed E-state index contributed by atoms with van der Waals surface area (Å²) in [6.45, 7) is 3.77. The number of hydrogen-bond acceptors (Lipinski definition) is 3. The summed E-state index contributed by atoms with van der Waals surface area (Å²) in [4.78, 5) is 2.49. The minimum Gasteiger partial charge on any atom is -0.388 e. The summed E-state index contributed by atoms with van der Waals surface area (Å²) in [5.41, 5.74) is 2.28. The van der Waals surface area contributed by atoms with E-state index in [4.69, 9.17) is 4.74 Å². The van der Waals surface area contributed by atoms with Crippen molar-refractivity contribution in [3.05, 3.63) is 29.8 Å². The van der Waals surface area contributed by atoms with Crippen molar-refractivity contribution in [2.75, 3.05) is 18.1 Å². The summed E-state index contributed by atoms with van der Waals surface area (Å²) in [7, 11) is 0. The number of rotatable bonds is 3. The van der Waals surface area contributed by atoms with Crippen LogP contribution in [0.15, 0.2) is 24.3 Å². The number of ether oxygens (including phenoxy) is 1. The molecule has 2 aliphatic rings. The number of fused-ring (bicyclic) bond motifs is 1. The summed E-state index contributed by atoms with van der Waals surface area (Å²) < 4.78 is 5.96. The molecule has 3 atom stereocenters. The summed E-state index contributed by atoms with van der Waals surface area (Å²) in [6, 6.07) is 8.82. The first kappa shape index (κ1) is 13.9. The molecule has 3 heteroatoms. The molecule has 2 fully saturated rings. The third kappa shape index (κ3) is 2.57. The zero-order chi connectivity index (χ0) is 13.9. The van der Waals surface area contributed by atoms with Gasteiger partial charge in [-0.05, 0) is 25.3 Å². The van der Waals surface area contributed by atoms with Crippen LogP contribution >= 0.6 is 0 Å². The van der Waals surface area contributed by atoms with Crippen molar-refractivity contribution in [3.8, 4) is 0 Å². The Morgan fingerprint density at radius 3 is 2.95 bits per heavy atom. The molecule has 2 unspecified atom stereocenters. The van der Waals surface area contributed by atoms with E-state index in [2.05, 4.69) is 23.1 Å². The molecule has 0 amide bonds. The van der Waals surface area contributed by atoms with Gasteiger partial charge >= 0.3 is 0 Å². The highest BCUT2D eigenvalue weighted by Crippen LogP contribution is 2.35. The minimum absolute atomic E-state index is 0.365. The molecular weight excluding hydrogens is 250 g/mol. The molecule has 1 aromatic rings. The number of nitrogens with zero attached hydrogens (tertiary/aromatic N) is 1. The van der Waals surface area contributed by atoms with E-state index in [0.717, 1.165) is 25.1 Å². The Kier molecular flexibility index (Phi) is 4.27. The van der Waals surface area contributed by atoms with Gasteiger partial charge in [-0.15, -0.1) is 0 Å². The van der Waals surface area contributed by atoms with Crippen LogP contribution in [0.4, 0.5) is 5.69 Å². The Balaban J connectivity index is 1.91. The maximum absolute atomic E-state index is 10.3. The van der Waals surface area contributed by atoms with Crippen LogP contribution in [0.5, 0.6) is 0 Å². The molecule has 0 radical (unpaired) electrons. The van der Waals surface area contributed by atoms with Gasteiger partial charge in [0.25, 0.3) is 0 Å². The van der Waals surface area contributed by atoms with Gasteiger partial charge in [0.1, 0.15) is 0 Å². The van der Waals surface area contributed by atoms with Crippen molar-refractivity contribution in [1.82, 2.24) is 0 Å². The van der Waals surface area contributed by atoms with E-state index in [1.54, 1.807) is 0 Å². The first-order chi connectivity index (χ1) is 9.81. The van der Waals surface area contributed by atoms with E-state index in [-0.39, 0.29) is 6.10 Å². The zero-order valence-electron chi connectivity index (χ0n) is 12.3. The van der Waals surface area contributed by atoms with E-state index in [1.807, 2.05) is 13.0 Å². The molecule has 1 aromatic carbocycles. The molecule has 20 heavy (non-hydrogen) atoms. The van der Waals surface area contributed by atoms with Crippen LogP contribution in [-0.4, -0.2) is 30.4 Å². The number of aliphatic hydroxyl groups is 1. The highest BCUT2D eigenvalue weighted by Gasteiger charge is 2.35. The van der Waals surface area contributed by atoms with Gasteiger partial charge in [-0.25, -0.2) is 0 Å². The Labute approximate surface area is 121 Å². The Morgan fingerprint density at radius 1 is 1.30 bits per heavy atom. The van der Waals surface area contributed by atoms with E-state index in [1.165, 1.54) is 31.4 Å². The minimum atomic E-state index is -0.365. The van der Waals surface area contributed by atoms with Crippen LogP contribution < -0.4 is 4.90 Å². The van der Waals surface area contributed by atoms with E-state index < -0.39 is 0 Å². The molecule has 0 bridgehead atoms. The van der Waals surface area contributed by atoms with Gasteiger partial charge in [0.15, 0.2) is 0 Å². The number of aliphatic hydroxyl groups excluding tert-OH is 1. The maximum Gasteiger partial charge on any atom is 0.0807 e. The average Bonchev–Trinajstić information content (AvgIpc) is 2.53. The molecule has 1 saturated heterocycles. The number of para-hydroxylation sites is 1. The molecule has 3 nitrogen and oxygen atoms in total. The van der Waals surface area contributed by atoms with Gasteiger partial charge in [0.2, 0.25) is 0 Å². The zero-order valence-corrected chi connectivity index (χ0v) is 12.3. The Bertz CT molecular complexity index is 446. The molecule has 0 aromatic heterocycles. The van der Waals surface area contributed by atoms with Gasteiger partial charge < -0.3 is 14.7 Å². The van der Waals surface area contributed by atoms with Crippen LogP contribution in [0.25, 0.3) is 0 Å². The SMILES string of the molecule is CC[C@@H](O)c1ccccc1N1CCOC2CCCCC21. The highest BCUT2D eigenvalue weighted by molar-refractivity contribution is 5.56. The number of hydrogen-bond donors (Lipinski definition) is 1. The maximum atomic E-state index is 10.3. The lowest BCUT2D eigenvalue weighted by molar-refractivity contribution is -0.00890. The molecular formula is C17H25NO2. The first-order valence-corrected chi connectivity index (χ1v) is 7.96. The molecule has 3 rings (SSSR count). The fourth-order valence-electron chi connectivity index (χ4n) is 3.65. The lowest BCUT2D eigenvalue weighted by Crippen LogP contribution is -2.53. The largest absolute Gasteiger partial charge is 0.388 e. The predicted molar refractivity (Wildman–Crippen MR) is 81.0 cm³/mol. The van der Waals surface area contributed by atoms with Crippen molar-refractivity contribution in [1.29, 1.82) is 0 Å². The van der Waals surface area contributed by atoms with Crippen molar-refractivity contribution in [2.24, 2.45) is 0 Å². The standard InChI is InChI=1S/C17H25NO2/c1-2-16(19)13-7-3-4-8-14(13)18-11-12-20-17-10-6-5-9-15(17)18/h3-4,7-8,15-17,19H,2,5-6,9-12H2,1H3/t15?,16-,17?/m1/s1. The summed E-state index contributed by atoms with van der Waals surface area (Å²) in [5.74, 6) is 0. The van der Waals surface area contributed by atoms with E-state index in [9.17, 15) is 5.11 Å². The molecule has 1 heterocycles. The van der Waals surface area contributed by atoms with Gasteiger partial charge in [-0.3, -0.25) is 0 Å². The summed E-state index contributed by atoms with van der Waals surface area (Å²) >= 11 is 0. The number of anilines is 1. The average molecular weight is 275 g/mol. The monoisotopic (exact) mass is 275 g/mol. The molecule has 1 N–H and O–H groups in total. The van der Waals surface area contributed by atoms with Gasteiger partial charge in [0, 0.05) is 17.8 Å². The normalized spacial score (nSPS) is 28.0. The molecule has 110 valence electrons. The van der Waals surface area contributed by atoms with Crippen LogP contribution in [0, 0.1) is 0 Å². The van der Waals surface area contributed by atoms with Crippen LogP contribution in [0.1, 0.15) is 50.7 Å². The van der Waals surface area contributed by atoms with E-state index >= 15 is 0 Å². The second-order valence-electron chi connectivity index (χ2n) is 5.94. The molecule has 1 saturated carbocycles. The van der Waals surface area contributed by atoms with Gasteiger partial charge in [-0.2, -0.15) is 0 Å². The lowest BCUT2D eigenvalue weighted by Gasteiger charge is -2.46.